The summed E-state index contributed by atoms with van der Waals surface area (Å²) in [5, 5.41) is 4.19. The zero-order valence-corrected chi connectivity index (χ0v) is 26.1. The first-order chi connectivity index (χ1) is 19.1. The number of halogens is 1. The molecule has 2 aromatic rings. The van der Waals surface area contributed by atoms with E-state index in [1.54, 1.807) is 29.6 Å². The Bertz CT molecular complexity index is 1240. The molecule has 2 aromatic heterocycles. The van der Waals surface area contributed by atoms with E-state index in [1.165, 1.54) is 11.8 Å². The van der Waals surface area contributed by atoms with Gasteiger partial charge in [-0.3, -0.25) is 0 Å². The molecule has 1 unspecified atom stereocenters. The van der Waals surface area contributed by atoms with Gasteiger partial charge >= 0.3 is 12.2 Å². The van der Waals surface area contributed by atoms with Crippen LogP contribution in [-0.4, -0.2) is 75.5 Å². The lowest BCUT2D eigenvalue weighted by Gasteiger charge is -2.51. The van der Waals surface area contributed by atoms with E-state index in [4.69, 9.17) is 26.8 Å². The zero-order chi connectivity index (χ0) is 30.0. The Morgan fingerprint density at radius 1 is 1.02 bits per heavy atom. The minimum Gasteiger partial charge on any atom is -0.444 e. The lowest BCUT2D eigenvalue weighted by molar-refractivity contribution is -0.0105. The van der Waals surface area contributed by atoms with Gasteiger partial charge in [-0.15, -0.1) is 0 Å². The maximum absolute atomic E-state index is 12.9. The van der Waals surface area contributed by atoms with E-state index < -0.39 is 17.3 Å². The van der Waals surface area contributed by atoms with Gasteiger partial charge in [0.25, 0.3) is 0 Å². The highest BCUT2D eigenvalue weighted by Crippen LogP contribution is 2.43. The number of carbonyl (C=O) groups excluding carboxylic acids is 2. The van der Waals surface area contributed by atoms with Crippen molar-refractivity contribution in [2.45, 2.75) is 88.0 Å². The molecule has 1 spiro atoms. The van der Waals surface area contributed by atoms with Crippen LogP contribution in [0.2, 0.25) is 5.02 Å². The van der Waals surface area contributed by atoms with E-state index in [2.05, 4.69) is 25.2 Å². The topological polar surface area (TPSA) is 136 Å². The van der Waals surface area contributed by atoms with Crippen LogP contribution < -0.4 is 16.0 Å². The average molecular weight is 606 g/mol. The van der Waals surface area contributed by atoms with Crippen molar-refractivity contribution in [3.8, 4) is 0 Å². The summed E-state index contributed by atoms with van der Waals surface area (Å²) in [5.74, 6) is 1.06. The SMILES string of the molecule is CC(C)(C)OC(=O)NC1CN(C(=O)OC(C)(C)C)CCC12CCN(c1cnc(Sc3ccnc(N)c3Cl)cn1)CC2. The predicted molar refractivity (Wildman–Crippen MR) is 159 cm³/mol. The van der Waals surface area contributed by atoms with Gasteiger partial charge in [0, 0.05) is 37.3 Å². The van der Waals surface area contributed by atoms with Crippen molar-refractivity contribution in [3.63, 3.8) is 0 Å². The summed E-state index contributed by atoms with van der Waals surface area (Å²) in [6, 6.07) is 1.52. The summed E-state index contributed by atoms with van der Waals surface area (Å²) in [6.45, 7) is 13.5. The van der Waals surface area contributed by atoms with Crippen LogP contribution in [0.25, 0.3) is 0 Å². The molecule has 13 heteroatoms. The van der Waals surface area contributed by atoms with Gasteiger partial charge in [-0.05, 0) is 72.3 Å². The molecule has 2 aliphatic rings. The highest BCUT2D eigenvalue weighted by molar-refractivity contribution is 7.99. The predicted octanol–water partition coefficient (Wildman–Crippen LogP) is 5.38. The van der Waals surface area contributed by atoms with Crippen molar-refractivity contribution in [3.05, 3.63) is 29.7 Å². The molecule has 1 atom stereocenters. The number of nitrogens with one attached hydrogen (secondary N) is 1. The number of nitrogens with two attached hydrogens (primary N) is 1. The molecule has 2 aliphatic heterocycles. The Kier molecular flexibility index (Phi) is 9.13. The van der Waals surface area contributed by atoms with Crippen LogP contribution in [-0.2, 0) is 9.47 Å². The highest BCUT2D eigenvalue weighted by Gasteiger charge is 2.47. The normalized spacial score (nSPS) is 19.1. The first-order valence-electron chi connectivity index (χ1n) is 13.8. The molecule has 41 heavy (non-hydrogen) atoms. The van der Waals surface area contributed by atoms with Gasteiger partial charge < -0.3 is 30.3 Å². The number of nitrogens with zero attached hydrogens (tertiary/aromatic N) is 5. The molecule has 3 N–H and O–H groups in total. The Hall–Kier alpha value is -2.99. The number of pyridine rings is 1. The van der Waals surface area contributed by atoms with Crippen LogP contribution >= 0.6 is 23.4 Å². The lowest BCUT2D eigenvalue weighted by Crippen LogP contribution is -2.62. The molecule has 2 amide bonds. The first kappa shape index (κ1) is 31.0. The fraction of sp³-hybridized carbons (Fsp3) is 0.607. The van der Waals surface area contributed by atoms with Gasteiger partial charge in [-0.1, -0.05) is 23.4 Å². The van der Waals surface area contributed by atoms with Gasteiger partial charge in [-0.2, -0.15) is 0 Å². The smallest absolute Gasteiger partial charge is 0.410 e. The molecule has 2 fully saturated rings. The van der Waals surface area contributed by atoms with Crippen LogP contribution in [0, 0.1) is 5.41 Å². The largest absolute Gasteiger partial charge is 0.444 e. The fourth-order valence-electron chi connectivity index (χ4n) is 5.12. The summed E-state index contributed by atoms with van der Waals surface area (Å²) in [7, 11) is 0. The van der Waals surface area contributed by atoms with E-state index in [9.17, 15) is 9.59 Å². The molecule has 2 saturated heterocycles. The summed E-state index contributed by atoms with van der Waals surface area (Å²) in [5.41, 5.74) is 4.40. The molecule has 224 valence electrons. The van der Waals surface area contributed by atoms with E-state index in [0.717, 1.165) is 43.1 Å². The van der Waals surface area contributed by atoms with Crippen molar-refractivity contribution in [2.75, 3.05) is 36.8 Å². The third kappa shape index (κ3) is 8.06. The number of hydrogen-bond donors (Lipinski definition) is 2. The average Bonchev–Trinajstić information content (AvgIpc) is 2.87. The Morgan fingerprint density at radius 3 is 2.29 bits per heavy atom. The maximum atomic E-state index is 12.9. The molecule has 0 bridgehead atoms. The molecular formula is C28H40ClN7O4S. The number of piperidine rings is 2. The second kappa shape index (κ2) is 12.1. The summed E-state index contributed by atoms with van der Waals surface area (Å²) in [6.07, 6.45) is 6.63. The number of alkyl carbamates (subject to hydrolysis) is 1. The number of hydrogen-bond acceptors (Lipinski definition) is 10. The van der Waals surface area contributed by atoms with Gasteiger partial charge in [-0.25, -0.2) is 24.5 Å². The van der Waals surface area contributed by atoms with E-state index in [0.29, 0.717) is 23.1 Å². The summed E-state index contributed by atoms with van der Waals surface area (Å²) < 4.78 is 11.2. The quantitative estimate of drug-likeness (QED) is 0.467. The van der Waals surface area contributed by atoms with Gasteiger partial charge in [0.05, 0.1) is 23.5 Å². The molecule has 11 nitrogen and oxygen atoms in total. The van der Waals surface area contributed by atoms with Crippen LogP contribution in [0.5, 0.6) is 0 Å². The molecule has 4 heterocycles. The second-order valence-electron chi connectivity index (χ2n) is 12.5. The van der Waals surface area contributed by atoms with Crippen molar-refractivity contribution in [1.29, 1.82) is 0 Å². The number of aromatic nitrogens is 3. The first-order valence-corrected chi connectivity index (χ1v) is 15.0. The summed E-state index contributed by atoms with van der Waals surface area (Å²) in [4.78, 5) is 43.6. The Morgan fingerprint density at radius 2 is 1.68 bits per heavy atom. The lowest BCUT2D eigenvalue weighted by atomic mass is 9.68. The minimum atomic E-state index is -0.626. The molecule has 0 saturated carbocycles. The second-order valence-corrected chi connectivity index (χ2v) is 14.0. The zero-order valence-electron chi connectivity index (χ0n) is 24.6. The van der Waals surface area contributed by atoms with E-state index in [1.807, 2.05) is 41.5 Å². The van der Waals surface area contributed by atoms with Crippen molar-refractivity contribution in [2.24, 2.45) is 5.41 Å². The number of amides is 2. The van der Waals surface area contributed by atoms with Gasteiger partial charge in [0.2, 0.25) is 0 Å². The number of rotatable bonds is 4. The van der Waals surface area contributed by atoms with Crippen LogP contribution in [0.4, 0.5) is 21.2 Å². The minimum absolute atomic E-state index is 0.187. The van der Waals surface area contributed by atoms with Crippen molar-refractivity contribution in [1.82, 2.24) is 25.2 Å². The standard InChI is InChI=1S/C28H40ClN7O4S/c1-26(2,3)39-24(37)34-19-17-36(25(38)40-27(4,5)6)14-10-28(19)8-12-35(13-9-28)20-15-33-21(16-32-20)41-18-7-11-31-23(30)22(18)29/h7,11,15-16,19H,8-10,12-14,17H2,1-6H3,(H2,30,31)(H,34,37). The number of carbonyl (C=O) groups is 2. The molecular weight excluding hydrogens is 566 g/mol. The number of likely N-dealkylation sites (tertiary alicyclic amines) is 1. The maximum Gasteiger partial charge on any atom is 0.410 e. The number of anilines is 2. The third-order valence-corrected chi connectivity index (χ3v) is 8.65. The van der Waals surface area contributed by atoms with E-state index in [-0.39, 0.29) is 23.4 Å². The monoisotopic (exact) mass is 605 g/mol. The summed E-state index contributed by atoms with van der Waals surface area (Å²) >= 11 is 7.65. The Labute approximate surface area is 250 Å². The molecule has 4 rings (SSSR count). The van der Waals surface area contributed by atoms with Crippen LogP contribution in [0.15, 0.2) is 34.6 Å². The van der Waals surface area contributed by atoms with Crippen LogP contribution in [0.1, 0.15) is 60.8 Å². The highest BCUT2D eigenvalue weighted by atomic mass is 35.5. The van der Waals surface area contributed by atoms with Crippen molar-refractivity contribution < 1.29 is 19.1 Å². The number of ether oxygens (including phenoxy) is 2. The molecule has 0 aromatic carbocycles. The van der Waals surface area contributed by atoms with Crippen molar-refractivity contribution >= 4 is 47.2 Å². The third-order valence-electron chi connectivity index (χ3n) is 7.16. The van der Waals surface area contributed by atoms with Gasteiger partial charge in [0.1, 0.15) is 27.9 Å². The fourth-order valence-corrected chi connectivity index (χ4v) is 6.10. The number of nitrogen functional groups attached to an aromatic ring is 1. The van der Waals surface area contributed by atoms with Gasteiger partial charge in [0.15, 0.2) is 0 Å². The molecule has 0 radical (unpaired) electrons. The Balaban J connectivity index is 1.43. The van der Waals surface area contributed by atoms with E-state index >= 15 is 0 Å². The van der Waals surface area contributed by atoms with Crippen LogP contribution in [0.3, 0.4) is 0 Å². The molecule has 0 aliphatic carbocycles.